The number of piperidine rings is 1. The number of hydrogen-bond acceptors (Lipinski definition) is 5. The maximum atomic E-state index is 12.2. The Morgan fingerprint density at radius 2 is 2.04 bits per heavy atom. The molecule has 3 N–H and O–H groups in total. The molecule has 1 saturated heterocycles. The normalized spacial score (nSPS) is 15.6. The standard InChI is InChI=1S/C15H16Cl2N4OS/c16-10-2-1-3-11(13(10)17)23-12-8-19-14(15(22)21-12)20-9-4-6-18-7-5-9/h1-3,8-9,18H,4-7H2,(H,19,20)(H,21,22). The van der Waals surface area contributed by atoms with Crippen LogP contribution < -0.4 is 16.2 Å². The zero-order valence-corrected chi connectivity index (χ0v) is 14.6. The van der Waals surface area contributed by atoms with Crippen molar-refractivity contribution in [3.05, 3.63) is 44.8 Å². The van der Waals surface area contributed by atoms with Gasteiger partial charge in [0, 0.05) is 10.9 Å². The molecule has 0 spiro atoms. The number of nitrogens with one attached hydrogen (secondary N) is 3. The third-order valence-corrected chi connectivity index (χ3v) is 5.50. The Morgan fingerprint density at radius 1 is 1.26 bits per heavy atom. The van der Waals surface area contributed by atoms with E-state index in [2.05, 4.69) is 20.6 Å². The molecule has 2 heterocycles. The summed E-state index contributed by atoms with van der Waals surface area (Å²) in [4.78, 5) is 20.0. The molecule has 0 aliphatic carbocycles. The van der Waals surface area contributed by atoms with E-state index in [-0.39, 0.29) is 11.6 Å². The molecule has 2 aromatic rings. The fourth-order valence-electron chi connectivity index (χ4n) is 2.38. The fourth-order valence-corrected chi connectivity index (χ4v) is 3.69. The van der Waals surface area contributed by atoms with E-state index < -0.39 is 0 Å². The number of hydrogen-bond donors (Lipinski definition) is 3. The van der Waals surface area contributed by atoms with E-state index in [0.717, 1.165) is 30.8 Å². The SMILES string of the molecule is O=c1[nH]c(Sc2cccc(Cl)c2Cl)cnc1NC1CCNCC1. The summed E-state index contributed by atoms with van der Waals surface area (Å²) in [7, 11) is 0. The number of aromatic amines is 1. The van der Waals surface area contributed by atoms with E-state index in [1.54, 1.807) is 12.3 Å². The Bertz CT molecular complexity index is 746. The van der Waals surface area contributed by atoms with Gasteiger partial charge in [-0.05, 0) is 38.1 Å². The molecule has 0 bridgehead atoms. The molecule has 0 atom stereocenters. The lowest BCUT2D eigenvalue weighted by Crippen LogP contribution is -2.36. The fraction of sp³-hybridized carbons (Fsp3) is 0.333. The molecule has 5 nitrogen and oxygen atoms in total. The van der Waals surface area contributed by atoms with E-state index in [1.165, 1.54) is 11.8 Å². The van der Waals surface area contributed by atoms with Crippen molar-refractivity contribution in [1.82, 2.24) is 15.3 Å². The molecular weight excluding hydrogens is 355 g/mol. The summed E-state index contributed by atoms with van der Waals surface area (Å²) in [6.07, 6.45) is 3.60. The number of benzene rings is 1. The van der Waals surface area contributed by atoms with E-state index in [9.17, 15) is 4.79 Å². The van der Waals surface area contributed by atoms with Gasteiger partial charge >= 0.3 is 0 Å². The van der Waals surface area contributed by atoms with Crippen molar-refractivity contribution >= 4 is 40.8 Å². The van der Waals surface area contributed by atoms with E-state index in [4.69, 9.17) is 23.2 Å². The van der Waals surface area contributed by atoms with Crippen LogP contribution in [0.3, 0.4) is 0 Å². The van der Waals surface area contributed by atoms with Gasteiger partial charge in [0.05, 0.1) is 21.3 Å². The number of aromatic nitrogens is 2. The first-order valence-electron chi connectivity index (χ1n) is 7.32. The molecule has 0 unspecified atom stereocenters. The van der Waals surface area contributed by atoms with Crippen LogP contribution in [0.4, 0.5) is 5.82 Å². The van der Waals surface area contributed by atoms with Crippen LogP contribution in [0.1, 0.15) is 12.8 Å². The number of nitrogens with zero attached hydrogens (tertiary/aromatic N) is 1. The van der Waals surface area contributed by atoms with Crippen LogP contribution in [0.15, 0.2) is 39.1 Å². The van der Waals surface area contributed by atoms with E-state index in [1.807, 2.05) is 12.1 Å². The summed E-state index contributed by atoms with van der Waals surface area (Å²) in [5, 5.41) is 8.07. The molecule has 23 heavy (non-hydrogen) atoms. The Kier molecular flexibility index (Phi) is 5.48. The molecule has 1 fully saturated rings. The largest absolute Gasteiger partial charge is 0.363 e. The van der Waals surface area contributed by atoms with Crippen LogP contribution in [0.25, 0.3) is 0 Å². The number of rotatable bonds is 4. The first kappa shape index (κ1) is 16.6. The van der Waals surface area contributed by atoms with E-state index in [0.29, 0.717) is 20.9 Å². The second-order valence-corrected chi connectivity index (χ2v) is 7.12. The average Bonchev–Trinajstić information content (AvgIpc) is 2.55. The Morgan fingerprint density at radius 3 is 2.78 bits per heavy atom. The minimum atomic E-state index is -0.230. The highest BCUT2D eigenvalue weighted by atomic mass is 35.5. The van der Waals surface area contributed by atoms with Crippen LogP contribution >= 0.6 is 35.0 Å². The second-order valence-electron chi connectivity index (χ2n) is 5.25. The smallest absolute Gasteiger partial charge is 0.291 e. The third kappa shape index (κ3) is 4.20. The lowest BCUT2D eigenvalue weighted by Gasteiger charge is -2.23. The van der Waals surface area contributed by atoms with Crippen LogP contribution in [0.2, 0.25) is 10.0 Å². The summed E-state index contributed by atoms with van der Waals surface area (Å²) in [5.74, 6) is 0.360. The molecule has 3 rings (SSSR count). The van der Waals surface area contributed by atoms with Crippen LogP contribution in [-0.2, 0) is 0 Å². The molecule has 0 saturated carbocycles. The van der Waals surface area contributed by atoms with Crippen molar-refractivity contribution < 1.29 is 0 Å². The molecule has 1 aliphatic heterocycles. The quantitative estimate of drug-likeness (QED) is 0.769. The number of halogens is 2. The topological polar surface area (TPSA) is 69.8 Å². The summed E-state index contributed by atoms with van der Waals surface area (Å²) in [5.41, 5.74) is -0.230. The van der Waals surface area contributed by atoms with Gasteiger partial charge in [0.15, 0.2) is 5.82 Å². The average molecular weight is 371 g/mol. The zero-order chi connectivity index (χ0) is 16.2. The monoisotopic (exact) mass is 370 g/mol. The van der Waals surface area contributed by atoms with Crippen molar-refractivity contribution in [2.24, 2.45) is 0 Å². The summed E-state index contributed by atoms with van der Waals surface area (Å²) < 4.78 is 0. The van der Waals surface area contributed by atoms with Crippen molar-refractivity contribution in [3.8, 4) is 0 Å². The lowest BCUT2D eigenvalue weighted by atomic mass is 10.1. The zero-order valence-electron chi connectivity index (χ0n) is 12.2. The molecule has 1 aromatic carbocycles. The van der Waals surface area contributed by atoms with Gasteiger partial charge in [0.25, 0.3) is 5.56 Å². The molecule has 1 aromatic heterocycles. The highest BCUT2D eigenvalue weighted by molar-refractivity contribution is 7.99. The van der Waals surface area contributed by atoms with Gasteiger partial charge in [0.2, 0.25) is 0 Å². The lowest BCUT2D eigenvalue weighted by molar-refractivity contribution is 0.477. The minimum absolute atomic E-state index is 0.230. The Labute approximate surface area is 148 Å². The van der Waals surface area contributed by atoms with Crippen LogP contribution in [-0.4, -0.2) is 29.1 Å². The molecular formula is C15H16Cl2N4OS. The highest BCUT2D eigenvalue weighted by Gasteiger charge is 2.15. The van der Waals surface area contributed by atoms with Gasteiger partial charge in [0.1, 0.15) is 0 Å². The molecule has 1 aliphatic rings. The van der Waals surface area contributed by atoms with Crippen molar-refractivity contribution in [2.75, 3.05) is 18.4 Å². The summed E-state index contributed by atoms with van der Waals surface area (Å²) in [6, 6.07) is 5.67. The minimum Gasteiger partial charge on any atom is -0.363 e. The van der Waals surface area contributed by atoms with Gasteiger partial charge in [-0.1, -0.05) is 41.0 Å². The first-order chi connectivity index (χ1) is 11.1. The Balaban J connectivity index is 1.74. The van der Waals surface area contributed by atoms with Gasteiger partial charge in [-0.2, -0.15) is 0 Å². The predicted octanol–water partition coefficient (Wildman–Crippen LogP) is 3.39. The predicted molar refractivity (Wildman–Crippen MR) is 95.0 cm³/mol. The summed E-state index contributed by atoms with van der Waals surface area (Å²) in [6.45, 7) is 1.91. The summed E-state index contributed by atoms with van der Waals surface area (Å²) >= 11 is 13.5. The van der Waals surface area contributed by atoms with E-state index >= 15 is 0 Å². The third-order valence-electron chi connectivity index (χ3n) is 3.58. The molecule has 8 heteroatoms. The van der Waals surface area contributed by atoms with Crippen LogP contribution in [0.5, 0.6) is 0 Å². The van der Waals surface area contributed by atoms with Crippen molar-refractivity contribution in [2.45, 2.75) is 28.8 Å². The van der Waals surface area contributed by atoms with Crippen LogP contribution in [0, 0.1) is 0 Å². The molecule has 0 amide bonds. The van der Waals surface area contributed by atoms with Gasteiger partial charge in [-0.25, -0.2) is 4.98 Å². The Hall–Kier alpha value is -1.21. The molecule has 0 radical (unpaired) electrons. The molecule has 122 valence electrons. The highest BCUT2D eigenvalue weighted by Crippen LogP contribution is 2.35. The second kappa shape index (κ2) is 7.57. The van der Waals surface area contributed by atoms with Gasteiger partial charge < -0.3 is 15.6 Å². The van der Waals surface area contributed by atoms with Gasteiger partial charge in [-0.3, -0.25) is 4.79 Å². The first-order valence-corrected chi connectivity index (χ1v) is 8.89. The number of H-pyrrole nitrogens is 1. The van der Waals surface area contributed by atoms with Gasteiger partial charge in [-0.15, -0.1) is 0 Å². The van der Waals surface area contributed by atoms with Crippen molar-refractivity contribution in [3.63, 3.8) is 0 Å². The maximum Gasteiger partial charge on any atom is 0.291 e. The maximum absolute atomic E-state index is 12.2. The number of anilines is 1. The van der Waals surface area contributed by atoms with Crippen molar-refractivity contribution in [1.29, 1.82) is 0 Å².